The summed E-state index contributed by atoms with van der Waals surface area (Å²) in [5, 5.41) is 2.78. The van der Waals surface area contributed by atoms with Crippen molar-refractivity contribution in [2.75, 3.05) is 12.3 Å². The highest BCUT2D eigenvalue weighted by Gasteiger charge is 2.27. The van der Waals surface area contributed by atoms with Crippen molar-refractivity contribution in [2.45, 2.75) is 25.4 Å². The van der Waals surface area contributed by atoms with Crippen molar-refractivity contribution in [1.82, 2.24) is 9.88 Å². The first-order chi connectivity index (χ1) is 8.83. The normalized spacial score (nSPS) is 20.3. The summed E-state index contributed by atoms with van der Waals surface area (Å²) in [7, 11) is 0. The number of anilines is 1. The Labute approximate surface area is 111 Å². The Morgan fingerprint density at radius 3 is 2.89 bits per heavy atom. The average molecular weight is 259 g/mol. The van der Waals surface area contributed by atoms with Gasteiger partial charge in [0, 0.05) is 11.9 Å². The Bertz CT molecular complexity index is 509. The van der Waals surface area contributed by atoms with Gasteiger partial charge in [0.2, 0.25) is 0 Å². The molecule has 3 rings (SSSR count). The minimum Gasteiger partial charge on any atom is -0.375 e. The van der Waals surface area contributed by atoms with Crippen molar-refractivity contribution in [3.05, 3.63) is 47.0 Å². The van der Waals surface area contributed by atoms with Crippen LogP contribution in [0.5, 0.6) is 0 Å². The molecule has 0 amide bonds. The van der Waals surface area contributed by atoms with Crippen molar-refractivity contribution in [2.24, 2.45) is 0 Å². The minimum atomic E-state index is 0.443. The van der Waals surface area contributed by atoms with Crippen molar-refractivity contribution in [3.63, 3.8) is 0 Å². The van der Waals surface area contributed by atoms with Crippen molar-refractivity contribution in [1.29, 1.82) is 0 Å². The first-order valence-electron chi connectivity index (χ1n) is 6.32. The number of aromatic nitrogens is 1. The Morgan fingerprint density at radius 2 is 2.17 bits per heavy atom. The highest BCUT2D eigenvalue weighted by molar-refractivity contribution is 7.13. The van der Waals surface area contributed by atoms with Crippen LogP contribution in [0.3, 0.4) is 0 Å². The molecule has 2 N–H and O–H groups in total. The minimum absolute atomic E-state index is 0.443. The van der Waals surface area contributed by atoms with Crippen LogP contribution >= 0.6 is 11.3 Å². The molecular weight excluding hydrogens is 242 g/mol. The molecule has 0 aliphatic carbocycles. The first kappa shape index (κ1) is 11.7. The lowest BCUT2D eigenvalue weighted by Gasteiger charge is -2.23. The number of likely N-dealkylation sites (tertiary alicyclic amines) is 1. The Morgan fingerprint density at radius 1 is 1.33 bits per heavy atom. The van der Waals surface area contributed by atoms with E-state index in [1.807, 2.05) is 0 Å². The molecule has 0 saturated carbocycles. The molecule has 4 heteroatoms. The number of hydrogen-bond donors (Lipinski definition) is 1. The molecule has 1 aromatic carbocycles. The van der Waals surface area contributed by atoms with Gasteiger partial charge < -0.3 is 5.73 Å². The molecule has 0 radical (unpaired) electrons. The molecule has 3 nitrogen and oxygen atoms in total. The van der Waals surface area contributed by atoms with E-state index in [0.29, 0.717) is 11.2 Å². The Balaban J connectivity index is 1.75. The molecule has 2 aromatic rings. The van der Waals surface area contributed by atoms with E-state index >= 15 is 0 Å². The van der Waals surface area contributed by atoms with Crippen LogP contribution in [0.2, 0.25) is 0 Å². The summed E-state index contributed by atoms with van der Waals surface area (Å²) in [5.74, 6) is 0. The van der Waals surface area contributed by atoms with E-state index in [1.54, 1.807) is 0 Å². The van der Waals surface area contributed by atoms with Crippen molar-refractivity contribution >= 4 is 16.5 Å². The largest absolute Gasteiger partial charge is 0.375 e. The summed E-state index contributed by atoms with van der Waals surface area (Å²) in [4.78, 5) is 6.94. The lowest BCUT2D eigenvalue weighted by atomic mass is 10.1. The highest BCUT2D eigenvalue weighted by atomic mass is 32.1. The van der Waals surface area contributed by atoms with E-state index in [9.17, 15) is 0 Å². The van der Waals surface area contributed by atoms with Gasteiger partial charge in [0.25, 0.3) is 0 Å². The zero-order valence-electron chi connectivity index (χ0n) is 10.2. The maximum absolute atomic E-state index is 5.73. The Kier molecular flexibility index (Phi) is 3.30. The lowest BCUT2D eigenvalue weighted by molar-refractivity contribution is 0.245. The van der Waals surface area contributed by atoms with E-state index in [2.05, 4.69) is 45.6 Å². The zero-order valence-corrected chi connectivity index (χ0v) is 11.1. The van der Waals surface area contributed by atoms with Crippen molar-refractivity contribution in [3.8, 4) is 0 Å². The molecular formula is C14H17N3S. The van der Waals surface area contributed by atoms with Gasteiger partial charge in [-0.2, -0.15) is 0 Å². The molecule has 18 heavy (non-hydrogen) atoms. The summed E-state index contributed by atoms with van der Waals surface area (Å²) in [5.41, 5.74) is 8.25. The molecule has 1 fully saturated rings. The van der Waals surface area contributed by atoms with E-state index in [4.69, 9.17) is 5.73 Å². The topological polar surface area (TPSA) is 42.1 Å². The molecule has 0 spiro atoms. The second-order valence-corrected chi connectivity index (χ2v) is 5.61. The van der Waals surface area contributed by atoms with Gasteiger partial charge in [0.15, 0.2) is 5.13 Å². The van der Waals surface area contributed by atoms with Gasteiger partial charge in [-0.25, -0.2) is 4.98 Å². The maximum Gasteiger partial charge on any atom is 0.180 e. The first-order valence-corrected chi connectivity index (χ1v) is 7.20. The molecule has 1 aromatic heterocycles. The van der Waals surface area contributed by atoms with Crippen LogP contribution < -0.4 is 5.73 Å². The third-order valence-electron chi connectivity index (χ3n) is 3.47. The molecule has 2 heterocycles. The predicted octanol–water partition coefficient (Wildman–Crippen LogP) is 3.06. The number of rotatable bonds is 3. The number of benzene rings is 1. The third-order valence-corrected chi connectivity index (χ3v) is 4.17. The third kappa shape index (κ3) is 2.40. The van der Waals surface area contributed by atoms with E-state index in [1.165, 1.54) is 29.7 Å². The van der Waals surface area contributed by atoms with E-state index < -0.39 is 0 Å². The van der Waals surface area contributed by atoms with Crippen LogP contribution in [-0.4, -0.2) is 16.4 Å². The van der Waals surface area contributed by atoms with Gasteiger partial charge in [0.1, 0.15) is 0 Å². The summed E-state index contributed by atoms with van der Waals surface area (Å²) in [6, 6.07) is 11.1. The quantitative estimate of drug-likeness (QED) is 0.921. The summed E-state index contributed by atoms with van der Waals surface area (Å²) >= 11 is 1.54. The van der Waals surface area contributed by atoms with Gasteiger partial charge in [-0.05, 0) is 24.9 Å². The maximum atomic E-state index is 5.73. The fourth-order valence-electron chi connectivity index (χ4n) is 2.62. The van der Waals surface area contributed by atoms with Crippen LogP contribution in [0.4, 0.5) is 5.13 Å². The van der Waals surface area contributed by atoms with Gasteiger partial charge in [-0.1, -0.05) is 30.3 Å². The summed E-state index contributed by atoms with van der Waals surface area (Å²) < 4.78 is 0. The number of thiazole rings is 1. The smallest absolute Gasteiger partial charge is 0.180 e. The molecule has 1 aliphatic rings. The number of nitrogens with zero attached hydrogens (tertiary/aromatic N) is 2. The van der Waals surface area contributed by atoms with Gasteiger partial charge >= 0.3 is 0 Å². The molecule has 0 bridgehead atoms. The molecule has 1 atom stereocenters. The van der Waals surface area contributed by atoms with Gasteiger partial charge in [-0.15, -0.1) is 11.3 Å². The predicted molar refractivity (Wildman–Crippen MR) is 75.4 cm³/mol. The lowest BCUT2D eigenvalue weighted by Crippen LogP contribution is -2.22. The monoisotopic (exact) mass is 259 g/mol. The molecule has 1 unspecified atom stereocenters. The van der Waals surface area contributed by atoms with Gasteiger partial charge in [0.05, 0.1) is 11.7 Å². The summed E-state index contributed by atoms with van der Waals surface area (Å²) in [6.45, 7) is 2.15. The molecule has 1 saturated heterocycles. The van der Waals surface area contributed by atoms with Crippen LogP contribution in [0, 0.1) is 0 Å². The number of nitrogens with two attached hydrogens (primary N) is 1. The second kappa shape index (κ2) is 5.08. The second-order valence-electron chi connectivity index (χ2n) is 4.72. The SMILES string of the molecule is Nc1nc(C2CCCN2Cc2ccccc2)cs1. The fraction of sp³-hybridized carbons (Fsp3) is 0.357. The highest BCUT2D eigenvalue weighted by Crippen LogP contribution is 2.33. The summed E-state index contributed by atoms with van der Waals surface area (Å²) in [6.07, 6.45) is 2.44. The van der Waals surface area contributed by atoms with E-state index in [0.717, 1.165) is 18.8 Å². The van der Waals surface area contributed by atoms with Crippen molar-refractivity contribution < 1.29 is 0 Å². The van der Waals surface area contributed by atoms with Crippen LogP contribution in [0.1, 0.15) is 30.1 Å². The Hall–Kier alpha value is -1.39. The van der Waals surface area contributed by atoms with E-state index in [-0.39, 0.29) is 0 Å². The average Bonchev–Trinajstić information content (AvgIpc) is 2.99. The van der Waals surface area contributed by atoms with Crippen LogP contribution in [-0.2, 0) is 6.54 Å². The molecule has 1 aliphatic heterocycles. The van der Waals surface area contributed by atoms with Crippen LogP contribution in [0.15, 0.2) is 35.7 Å². The van der Waals surface area contributed by atoms with Gasteiger partial charge in [-0.3, -0.25) is 4.90 Å². The zero-order chi connectivity index (χ0) is 12.4. The fourth-order valence-corrected chi connectivity index (χ4v) is 3.23. The van der Waals surface area contributed by atoms with Crippen LogP contribution in [0.25, 0.3) is 0 Å². The number of nitrogen functional groups attached to an aromatic ring is 1. The molecule has 94 valence electrons. The number of hydrogen-bond acceptors (Lipinski definition) is 4. The standard InChI is InChI=1S/C14H17N3S/c15-14-16-12(10-18-14)13-7-4-8-17(13)9-11-5-2-1-3-6-11/h1-3,5-6,10,13H,4,7-9H2,(H2,15,16).